The number of hydrogen-bond acceptors (Lipinski definition) is 4. The third-order valence-corrected chi connectivity index (χ3v) is 2.69. The third kappa shape index (κ3) is 2.73. The molecule has 0 aliphatic rings. The summed E-state index contributed by atoms with van der Waals surface area (Å²) < 4.78 is 22.9. The van der Waals surface area contributed by atoms with Crippen LogP contribution in [0.3, 0.4) is 0 Å². The van der Waals surface area contributed by atoms with E-state index in [4.69, 9.17) is 4.74 Å². The Balaban J connectivity index is 2.24. The van der Waals surface area contributed by atoms with Crippen LogP contribution in [0, 0.1) is 12.7 Å². The number of aryl methyl sites for hydroxylation is 1. The fraction of sp³-hybridized carbons (Fsp3) is 0.111. The Morgan fingerprint density at radius 2 is 2.20 bits per heavy atom. The zero-order chi connectivity index (χ0) is 10.8. The zero-order valence-electron chi connectivity index (χ0n) is 7.70. The van der Waals surface area contributed by atoms with Crippen molar-refractivity contribution in [1.29, 1.82) is 0 Å². The van der Waals surface area contributed by atoms with Crippen molar-refractivity contribution in [3.8, 4) is 10.9 Å². The lowest BCUT2D eigenvalue weighted by molar-refractivity contribution is 0.472. The Labute approximate surface area is 98.2 Å². The first-order chi connectivity index (χ1) is 7.13. The second-order valence-electron chi connectivity index (χ2n) is 2.81. The molecule has 15 heavy (non-hydrogen) atoms. The first kappa shape index (κ1) is 10.5. The number of halogens is 2. The highest BCUT2D eigenvalue weighted by atomic mass is 79.9. The molecule has 0 spiro atoms. The fourth-order valence-electron chi connectivity index (χ4n) is 1.01. The van der Waals surface area contributed by atoms with E-state index in [0.29, 0.717) is 21.2 Å². The van der Waals surface area contributed by atoms with Crippen molar-refractivity contribution in [1.82, 2.24) is 9.36 Å². The van der Waals surface area contributed by atoms with E-state index in [2.05, 4.69) is 25.3 Å². The number of ether oxygens (including phenoxy) is 1. The van der Waals surface area contributed by atoms with Gasteiger partial charge in [0.1, 0.15) is 17.4 Å². The Kier molecular flexibility index (Phi) is 2.97. The van der Waals surface area contributed by atoms with Crippen molar-refractivity contribution in [2.24, 2.45) is 0 Å². The second-order valence-corrected chi connectivity index (χ2v) is 4.44. The quantitative estimate of drug-likeness (QED) is 0.848. The largest absolute Gasteiger partial charge is 0.430 e. The van der Waals surface area contributed by atoms with E-state index in [9.17, 15) is 4.39 Å². The molecule has 1 aromatic heterocycles. The Bertz CT molecular complexity index is 468. The van der Waals surface area contributed by atoms with E-state index in [1.54, 1.807) is 13.0 Å². The first-order valence-electron chi connectivity index (χ1n) is 4.08. The lowest BCUT2D eigenvalue weighted by atomic mass is 10.3. The van der Waals surface area contributed by atoms with Gasteiger partial charge >= 0.3 is 0 Å². The van der Waals surface area contributed by atoms with Crippen LogP contribution in [0.15, 0.2) is 22.7 Å². The van der Waals surface area contributed by atoms with E-state index < -0.39 is 0 Å². The zero-order valence-corrected chi connectivity index (χ0v) is 10.1. The van der Waals surface area contributed by atoms with E-state index in [0.717, 1.165) is 11.5 Å². The maximum absolute atomic E-state index is 13.0. The van der Waals surface area contributed by atoms with Crippen LogP contribution in [0.4, 0.5) is 4.39 Å². The van der Waals surface area contributed by atoms with Gasteiger partial charge in [-0.2, -0.15) is 9.36 Å². The van der Waals surface area contributed by atoms with Gasteiger partial charge in [0.05, 0.1) is 0 Å². The molecule has 6 heteroatoms. The van der Waals surface area contributed by atoms with Crippen LogP contribution in [0.1, 0.15) is 5.82 Å². The summed E-state index contributed by atoms with van der Waals surface area (Å²) in [6.07, 6.45) is 0. The van der Waals surface area contributed by atoms with Gasteiger partial charge < -0.3 is 4.74 Å². The summed E-state index contributed by atoms with van der Waals surface area (Å²) in [5.41, 5.74) is 0. The number of aromatic nitrogens is 2. The van der Waals surface area contributed by atoms with Gasteiger partial charge in [0.2, 0.25) is 0 Å². The molecule has 0 fully saturated rings. The number of nitrogens with zero attached hydrogens (tertiary/aromatic N) is 2. The third-order valence-electron chi connectivity index (χ3n) is 1.55. The molecule has 78 valence electrons. The normalized spacial score (nSPS) is 10.3. The van der Waals surface area contributed by atoms with Gasteiger partial charge in [-0.25, -0.2) is 4.39 Å². The van der Waals surface area contributed by atoms with Gasteiger partial charge in [0.25, 0.3) is 5.19 Å². The number of benzene rings is 1. The molecule has 0 unspecified atom stereocenters. The van der Waals surface area contributed by atoms with E-state index in [1.807, 2.05) is 0 Å². The smallest absolute Gasteiger partial charge is 0.298 e. The Hall–Kier alpha value is -1.01. The minimum Gasteiger partial charge on any atom is -0.430 e. The number of hydrogen-bond donors (Lipinski definition) is 0. The van der Waals surface area contributed by atoms with E-state index in [1.165, 1.54) is 12.1 Å². The highest BCUT2D eigenvalue weighted by molar-refractivity contribution is 9.10. The van der Waals surface area contributed by atoms with Gasteiger partial charge in [-0.1, -0.05) is 15.9 Å². The molecular formula is C9H6BrFN2OS. The molecule has 0 N–H and O–H groups in total. The molecule has 2 rings (SSSR count). The molecule has 0 amide bonds. The summed E-state index contributed by atoms with van der Waals surface area (Å²) in [6.45, 7) is 1.77. The maximum atomic E-state index is 13.0. The molecule has 1 aromatic carbocycles. The molecule has 0 bridgehead atoms. The summed E-state index contributed by atoms with van der Waals surface area (Å²) in [4.78, 5) is 4.01. The Morgan fingerprint density at radius 3 is 2.80 bits per heavy atom. The standard InChI is InChI=1S/C9H6BrFN2OS/c1-5-12-9(15-13-5)14-8-3-6(10)2-7(11)4-8/h2-4H,1H3. The van der Waals surface area contributed by atoms with Crippen molar-refractivity contribution >= 4 is 27.5 Å². The lowest BCUT2D eigenvalue weighted by Gasteiger charge is -2.01. The minimum atomic E-state index is -0.361. The molecule has 0 radical (unpaired) electrons. The minimum absolute atomic E-state index is 0.361. The highest BCUT2D eigenvalue weighted by Gasteiger charge is 2.05. The van der Waals surface area contributed by atoms with Crippen LogP contribution >= 0.6 is 27.5 Å². The number of rotatable bonds is 2. The molecule has 0 aliphatic heterocycles. The summed E-state index contributed by atoms with van der Waals surface area (Å²) in [5, 5.41) is 0.407. The highest BCUT2D eigenvalue weighted by Crippen LogP contribution is 2.26. The van der Waals surface area contributed by atoms with E-state index >= 15 is 0 Å². The van der Waals surface area contributed by atoms with Gasteiger partial charge in [-0.05, 0) is 19.1 Å². The predicted molar refractivity (Wildman–Crippen MR) is 58.8 cm³/mol. The van der Waals surface area contributed by atoms with Crippen LogP contribution in [-0.4, -0.2) is 9.36 Å². The fourth-order valence-corrected chi connectivity index (χ4v) is 2.01. The molecule has 0 aliphatic carbocycles. The molecule has 0 atom stereocenters. The monoisotopic (exact) mass is 288 g/mol. The average molecular weight is 289 g/mol. The van der Waals surface area contributed by atoms with Gasteiger partial charge in [-0.3, -0.25) is 0 Å². The van der Waals surface area contributed by atoms with Crippen molar-refractivity contribution in [3.63, 3.8) is 0 Å². The van der Waals surface area contributed by atoms with Crippen molar-refractivity contribution < 1.29 is 9.13 Å². The summed E-state index contributed by atoms with van der Waals surface area (Å²) in [5.74, 6) is 0.684. The average Bonchev–Trinajstić information content (AvgIpc) is 2.49. The van der Waals surface area contributed by atoms with Crippen molar-refractivity contribution in [3.05, 3.63) is 34.3 Å². The first-order valence-corrected chi connectivity index (χ1v) is 5.64. The topological polar surface area (TPSA) is 35.0 Å². The molecule has 0 saturated heterocycles. The van der Waals surface area contributed by atoms with Gasteiger partial charge in [-0.15, -0.1) is 0 Å². The van der Waals surface area contributed by atoms with Crippen LogP contribution in [0.25, 0.3) is 0 Å². The molecule has 3 nitrogen and oxygen atoms in total. The van der Waals surface area contributed by atoms with Crippen molar-refractivity contribution in [2.75, 3.05) is 0 Å². The molecule has 1 heterocycles. The molecular weight excluding hydrogens is 283 g/mol. The molecule has 0 saturated carbocycles. The second kappa shape index (κ2) is 4.24. The van der Waals surface area contributed by atoms with Gasteiger partial charge in [0, 0.05) is 22.1 Å². The maximum Gasteiger partial charge on any atom is 0.298 e. The van der Waals surface area contributed by atoms with Crippen LogP contribution in [-0.2, 0) is 0 Å². The summed E-state index contributed by atoms with van der Waals surface area (Å²) in [7, 11) is 0. The van der Waals surface area contributed by atoms with Gasteiger partial charge in [0.15, 0.2) is 0 Å². The molecule has 2 aromatic rings. The predicted octanol–water partition coefficient (Wildman–Crippen LogP) is 3.54. The SMILES string of the molecule is Cc1nsc(Oc2cc(F)cc(Br)c2)n1. The lowest BCUT2D eigenvalue weighted by Crippen LogP contribution is -1.85. The van der Waals surface area contributed by atoms with Crippen molar-refractivity contribution in [2.45, 2.75) is 6.92 Å². The summed E-state index contributed by atoms with van der Waals surface area (Å²) >= 11 is 4.31. The summed E-state index contributed by atoms with van der Waals surface area (Å²) in [6, 6.07) is 4.32. The Morgan fingerprint density at radius 1 is 1.40 bits per heavy atom. The van der Waals surface area contributed by atoms with Crippen LogP contribution < -0.4 is 4.74 Å². The van der Waals surface area contributed by atoms with Crippen LogP contribution in [0.5, 0.6) is 10.9 Å². The van der Waals surface area contributed by atoms with Crippen LogP contribution in [0.2, 0.25) is 0 Å². The van der Waals surface area contributed by atoms with E-state index in [-0.39, 0.29) is 5.82 Å².